The molecule has 154 valence electrons. The van der Waals surface area contributed by atoms with Gasteiger partial charge in [-0.05, 0) is 62.9 Å². The van der Waals surface area contributed by atoms with Gasteiger partial charge in [-0.1, -0.05) is 19.9 Å². The highest BCUT2D eigenvalue weighted by atomic mass is 35.5. The van der Waals surface area contributed by atoms with Crippen molar-refractivity contribution >= 4 is 28.3 Å². The molecule has 0 aliphatic carbocycles. The molecular weight excluding hydrogens is 386 g/mol. The molecule has 1 amide bonds. The third-order valence-corrected chi connectivity index (χ3v) is 7.20. The van der Waals surface area contributed by atoms with Gasteiger partial charge < -0.3 is 10.6 Å². The van der Waals surface area contributed by atoms with Crippen molar-refractivity contribution in [2.45, 2.75) is 44.9 Å². The zero-order chi connectivity index (χ0) is 19.2. The van der Waals surface area contributed by atoms with Crippen molar-refractivity contribution in [1.29, 1.82) is 0 Å². The van der Waals surface area contributed by atoms with E-state index in [9.17, 15) is 13.2 Å². The van der Waals surface area contributed by atoms with E-state index in [1.807, 2.05) is 13.8 Å². The number of carbonyl (C=O) groups excluding carboxylic acids is 1. The summed E-state index contributed by atoms with van der Waals surface area (Å²) < 4.78 is 27.0. The van der Waals surface area contributed by atoms with Crippen LogP contribution < -0.4 is 10.6 Å². The van der Waals surface area contributed by atoms with E-state index in [4.69, 9.17) is 0 Å². The van der Waals surface area contributed by atoms with Crippen LogP contribution in [0.1, 0.15) is 49.0 Å². The largest absolute Gasteiger partial charge is 0.352 e. The third kappa shape index (κ3) is 6.17. The topological polar surface area (TPSA) is 78.5 Å². The van der Waals surface area contributed by atoms with Crippen LogP contribution in [-0.4, -0.2) is 51.4 Å². The van der Waals surface area contributed by atoms with Crippen LogP contribution in [0, 0.1) is 12.8 Å². The number of sulfonamides is 1. The van der Waals surface area contributed by atoms with Gasteiger partial charge in [0.1, 0.15) is 0 Å². The molecule has 0 bridgehead atoms. The number of carbonyl (C=O) groups is 1. The SMILES string of the molecule is CCN(CC)S(=O)(=O)c1cc(C(=O)NCCC2CCCNC2)ccc1C.Cl. The summed E-state index contributed by atoms with van der Waals surface area (Å²) in [6, 6.07) is 4.89. The minimum atomic E-state index is -3.58. The van der Waals surface area contributed by atoms with Crippen LogP contribution in [0.25, 0.3) is 0 Å². The van der Waals surface area contributed by atoms with Gasteiger partial charge in [-0.15, -0.1) is 12.4 Å². The Hall–Kier alpha value is -1.15. The van der Waals surface area contributed by atoms with Gasteiger partial charge >= 0.3 is 0 Å². The van der Waals surface area contributed by atoms with Crippen LogP contribution in [0.3, 0.4) is 0 Å². The lowest BCUT2D eigenvalue weighted by atomic mass is 9.96. The molecule has 1 unspecified atom stereocenters. The third-order valence-electron chi connectivity index (χ3n) is 5.01. The molecule has 0 saturated carbocycles. The van der Waals surface area contributed by atoms with Crippen molar-refractivity contribution in [2.24, 2.45) is 5.92 Å². The second kappa shape index (κ2) is 11.0. The number of hydrogen-bond donors (Lipinski definition) is 2. The lowest BCUT2D eigenvalue weighted by Crippen LogP contribution is -2.33. The molecule has 0 radical (unpaired) electrons. The molecule has 27 heavy (non-hydrogen) atoms. The first-order chi connectivity index (χ1) is 12.4. The average Bonchev–Trinajstić information content (AvgIpc) is 2.63. The van der Waals surface area contributed by atoms with Crippen molar-refractivity contribution in [1.82, 2.24) is 14.9 Å². The number of amides is 1. The van der Waals surface area contributed by atoms with Crippen LogP contribution in [0.2, 0.25) is 0 Å². The fourth-order valence-corrected chi connectivity index (χ4v) is 5.09. The Morgan fingerprint density at radius 2 is 2.00 bits per heavy atom. The predicted molar refractivity (Wildman–Crippen MR) is 111 cm³/mol. The van der Waals surface area contributed by atoms with Gasteiger partial charge in [-0.3, -0.25) is 4.79 Å². The molecule has 0 spiro atoms. The molecule has 1 heterocycles. The van der Waals surface area contributed by atoms with Gasteiger partial charge in [0.15, 0.2) is 0 Å². The molecule has 6 nitrogen and oxygen atoms in total. The number of aryl methyl sites for hydroxylation is 1. The van der Waals surface area contributed by atoms with E-state index in [1.165, 1.54) is 23.2 Å². The zero-order valence-corrected chi connectivity index (χ0v) is 18.1. The van der Waals surface area contributed by atoms with E-state index in [1.54, 1.807) is 19.1 Å². The van der Waals surface area contributed by atoms with E-state index in [0.29, 0.717) is 36.7 Å². The Morgan fingerprint density at radius 1 is 1.30 bits per heavy atom. The van der Waals surface area contributed by atoms with Crippen LogP contribution in [0.5, 0.6) is 0 Å². The molecule has 1 aliphatic rings. The normalized spacial score (nSPS) is 17.4. The molecule has 1 atom stereocenters. The first kappa shape index (κ1) is 23.9. The molecule has 1 fully saturated rings. The number of hydrogen-bond acceptors (Lipinski definition) is 4. The fraction of sp³-hybridized carbons (Fsp3) is 0.632. The zero-order valence-electron chi connectivity index (χ0n) is 16.5. The van der Waals surface area contributed by atoms with E-state index < -0.39 is 10.0 Å². The van der Waals surface area contributed by atoms with Crippen LogP contribution >= 0.6 is 12.4 Å². The van der Waals surface area contributed by atoms with Crippen molar-refractivity contribution in [3.63, 3.8) is 0 Å². The van der Waals surface area contributed by atoms with Crippen molar-refractivity contribution in [3.8, 4) is 0 Å². The van der Waals surface area contributed by atoms with Gasteiger partial charge in [0.05, 0.1) is 4.90 Å². The summed E-state index contributed by atoms with van der Waals surface area (Å²) in [5.74, 6) is 0.380. The average molecular weight is 418 g/mol. The van der Waals surface area contributed by atoms with Crippen molar-refractivity contribution in [2.75, 3.05) is 32.7 Å². The Balaban J connectivity index is 0.00000364. The maximum atomic E-state index is 12.8. The molecule has 1 aromatic carbocycles. The fourth-order valence-electron chi connectivity index (χ4n) is 3.38. The number of rotatable bonds is 8. The summed E-state index contributed by atoms with van der Waals surface area (Å²) in [4.78, 5) is 12.7. The molecule has 0 aromatic heterocycles. The monoisotopic (exact) mass is 417 g/mol. The molecule has 8 heteroatoms. The number of piperidine rings is 1. The summed E-state index contributed by atoms with van der Waals surface area (Å²) >= 11 is 0. The van der Waals surface area contributed by atoms with E-state index in [-0.39, 0.29) is 23.2 Å². The first-order valence-corrected chi connectivity index (χ1v) is 10.9. The summed E-state index contributed by atoms with van der Waals surface area (Å²) in [5, 5.41) is 6.30. The highest BCUT2D eigenvalue weighted by molar-refractivity contribution is 7.89. The van der Waals surface area contributed by atoms with E-state index in [0.717, 1.165) is 19.5 Å². The van der Waals surface area contributed by atoms with Gasteiger partial charge in [-0.2, -0.15) is 4.31 Å². The minimum absolute atomic E-state index is 0. The molecule has 2 N–H and O–H groups in total. The van der Waals surface area contributed by atoms with E-state index >= 15 is 0 Å². The molecule has 1 aliphatic heterocycles. The molecular formula is C19H32ClN3O3S. The number of nitrogens with zero attached hydrogens (tertiary/aromatic N) is 1. The van der Waals surface area contributed by atoms with Gasteiger partial charge in [0.25, 0.3) is 5.91 Å². The Kier molecular flexibility index (Phi) is 9.73. The smallest absolute Gasteiger partial charge is 0.251 e. The number of halogens is 1. The maximum Gasteiger partial charge on any atom is 0.251 e. The summed E-state index contributed by atoms with van der Waals surface area (Å²) in [6.07, 6.45) is 3.32. The summed E-state index contributed by atoms with van der Waals surface area (Å²) in [7, 11) is -3.58. The Labute approximate surface area is 169 Å². The molecule has 1 saturated heterocycles. The lowest BCUT2D eigenvalue weighted by molar-refractivity contribution is 0.0950. The molecule has 2 rings (SSSR count). The highest BCUT2D eigenvalue weighted by Crippen LogP contribution is 2.21. The first-order valence-electron chi connectivity index (χ1n) is 9.49. The second-order valence-corrected chi connectivity index (χ2v) is 8.73. The van der Waals surface area contributed by atoms with Crippen molar-refractivity contribution in [3.05, 3.63) is 29.3 Å². The Morgan fingerprint density at radius 3 is 2.59 bits per heavy atom. The van der Waals surface area contributed by atoms with Gasteiger partial charge in [0.2, 0.25) is 10.0 Å². The minimum Gasteiger partial charge on any atom is -0.352 e. The number of benzene rings is 1. The van der Waals surface area contributed by atoms with Crippen LogP contribution in [0.4, 0.5) is 0 Å². The van der Waals surface area contributed by atoms with Crippen LogP contribution in [-0.2, 0) is 10.0 Å². The Bertz CT molecular complexity index is 715. The quantitative estimate of drug-likeness (QED) is 0.681. The summed E-state index contributed by atoms with van der Waals surface area (Å²) in [6.45, 7) is 8.89. The highest BCUT2D eigenvalue weighted by Gasteiger charge is 2.24. The predicted octanol–water partition coefficient (Wildman–Crippen LogP) is 2.57. The number of nitrogens with one attached hydrogen (secondary N) is 2. The lowest BCUT2D eigenvalue weighted by Gasteiger charge is -2.22. The van der Waals surface area contributed by atoms with Crippen LogP contribution in [0.15, 0.2) is 23.1 Å². The summed E-state index contributed by atoms with van der Waals surface area (Å²) in [5.41, 5.74) is 1.05. The maximum absolute atomic E-state index is 12.8. The standard InChI is InChI=1S/C19H31N3O3S.ClH/c1-4-22(5-2)26(24,25)18-13-17(9-8-15(18)3)19(23)21-12-10-16-7-6-11-20-14-16;/h8-9,13,16,20H,4-7,10-12,14H2,1-3H3,(H,21,23);1H. The van der Waals surface area contributed by atoms with Gasteiger partial charge in [0, 0.05) is 25.2 Å². The molecule has 1 aromatic rings. The van der Waals surface area contributed by atoms with Crippen molar-refractivity contribution < 1.29 is 13.2 Å². The van der Waals surface area contributed by atoms with E-state index in [2.05, 4.69) is 10.6 Å². The second-order valence-electron chi connectivity index (χ2n) is 6.83. The van der Waals surface area contributed by atoms with Gasteiger partial charge in [-0.25, -0.2) is 8.42 Å².